The van der Waals surface area contributed by atoms with E-state index in [0.717, 1.165) is 0 Å². The Morgan fingerprint density at radius 3 is 1.63 bits per heavy atom. The Labute approximate surface area is 173 Å². The van der Waals surface area contributed by atoms with E-state index in [1.165, 1.54) is 12.1 Å². The maximum Gasteiger partial charge on any atom is 0.373 e. The number of rotatable bonds is 6. The first-order chi connectivity index (χ1) is 14.6. The van der Waals surface area contributed by atoms with Gasteiger partial charge < -0.3 is 9.57 Å². The van der Waals surface area contributed by atoms with Crippen molar-refractivity contribution in [1.29, 1.82) is 0 Å². The third kappa shape index (κ3) is 3.07. The second-order valence-corrected chi connectivity index (χ2v) is 6.68. The molecule has 0 fully saturated rings. The smallest absolute Gasteiger partial charge is 0.355 e. The summed E-state index contributed by atoms with van der Waals surface area (Å²) in [5, 5.41) is 0.507. The molecule has 0 saturated heterocycles. The lowest BCUT2D eigenvalue weighted by molar-refractivity contribution is -0.192. The molecule has 0 N–H and O–H groups in total. The summed E-state index contributed by atoms with van der Waals surface area (Å²) in [6.45, 7) is 1.96. The lowest BCUT2D eigenvalue weighted by Crippen LogP contribution is -2.46. The first-order valence-corrected chi connectivity index (χ1v) is 9.54. The molecule has 3 aromatic carbocycles. The number of hydrogen-bond donors (Lipinski definition) is 0. The van der Waals surface area contributed by atoms with Crippen LogP contribution in [0.4, 0.5) is 0 Å². The van der Waals surface area contributed by atoms with E-state index in [-0.39, 0.29) is 17.7 Å². The first-order valence-electron chi connectivity index (χ1n) is 9.54. The van der Waals surface area contributed by atoms with Crippen LogP contribution in [0.3, 0.4) is 0 Å². The minimum Gasteiger partial charge on any atom is -0.355 e. The van der Waals surface area contributed by atoms with Crippen molar-refractivity contribution in [1.82, 2.24) is 5.06 Å². The predicted octanol–water partition coefficient (Wildman–Crippen LogP) is 3.72. The Hall–Kier alpha value is -3.77. The number of carbonyl (C=O) groups excluding carboxylic acids is 3. The summed E-state index contributed by atoms with van der Waals surface area (Å²) in [6, 6.07) is 24.1. The lowest BCUT2D eigenvalue weighted by atomic mass is 9.86. The summed E-state index contributed by atoms with van der Waals surface area (Å²) in [5.74, 6) is -2.25. The zero-order valence-corrected chi connectivity index (χ0v) is 16.3. The van der Waals surface area contributed by atoms with Crippen LogP contribution in [0.1, 0.15) is 38.8 Å². The molecule has 0 spiro atoms. The van der Waals surface area contributed by atoms with Gasteiger partial charge in [-0.2, -0.15) is 0 Å². The normalized spacial score (nSPS) is 13.3. The fourth-order valence-corrected chi connectivity index (χ4v) is 3.59. The summed E-state index contributed by atoms with van der Waals surface area (Å²) in [6.07, 6.45) is 0. The van der Waals surface area contributed by atoms with Crippen LogP contribution in [0, 0.1) is 0 Å². The molecular formula is C24H19NO5. The van der Waals surface area contributed by atoms with Gasteiger partial charge in [-0.3, -0.25) is 9.59 Å². The van der Waals surface area contributed by atoms with E-state index in [2.05, 4.69) is 0 Å². The van der Waals surface area contributed by atoms with Gasteiger partial charge in [0, 0.05) is 6.61 Å². The highest BCUT2D eigenvalue weighted by atomic mass is 16.7. The molecule has 6 heteroatoms. The SMILES string of the molecule is CCOC(C(=O)ON1C(=O)c2ccccc2C1=O)(c1ccccc1)c1ccccc1. The number of benzene rings is 3. The number of ether oxygens (including phenoxy) is 1. The average Bonchev–Trinajstić information content (AvgIpc) is 3.03. The number of imide groups is 1. The summed E-state index contributed by atoms with van der Waals surface area (Å²) < 4.78 is 6.00. The molecule has 0 aliphatic carbocycles. The Kier molecular flexibility index (Phi) is 5.16. The van der Waals surface area contributed by atoms with Crippen LogP contribution in [-0.2, 0) is 20.0 Å². The standard InChI is InChI=1S/C24H19NO5/c1-2-29-24(17-11-5-3-6-12-17,18-13-7-4-8-14-18)23(28)30-25-21(26)19-15-9-10-16-20(19)22(25)27/h3-16H,2H2,1H3. The predicted molar refractivity (Wildman–Crippen MR) is 108 cm³/mol. The fraction of sp³-hybridized carbons (Fsp3) is 0.125. The number of nitrogens with zero attached hydrogens (tertiary/aromatic N) is 1. The number of hydroxylamine groups is 2. The fourth-order valence-electron chi connectivity index (χ4n) is 3.59. The molecule has 2 amide bonds. The minimum atomic E-state index is -1.65. The summed E-state index contributed by atoms with van der Waals surface area (Å²) in [4.78, 5) is 44.4. The zero-order chi connectivity index (χ0) is 21.1. The highest BCUT2D eigenvalue weighted by Crippen LogP contribution is 2.36. The van der Waals surface area contributed by atoms with E-state index in [1.807, 2.05) is 12.1 Å². The quantitative estimate of drug-likeness (QED) is 0.589. The Morgan fingerprint density at radius 2 is 1.20 bits per heavy atom. The topological polar surface area (TPSA) is 72.9 Å². The second kappa shape index (κ2) is 7.93. The number of carbonyl (C=O) groups is 3. The Balaban J connectivity index is 1.78. The molecule has 0 unspecified atom stereocenters. The van der Waals surface area contributed by atoms with E-state index in [0.29, 0.717) is 16.2 Å². The molecule has 1 aliphatic rings. The number of amides is 2. The van der Waals surface area contributed by atoms with Gasteiger partial charge >= 0.3 is 5.97 Å². The molecule has 1 aliphatic heterocycles. The highest BCUT2D eigenvalue weighted by Gasteiger charge is 2.49. The van der Waals surface area contributed by atoms with Crippen molar-refractivity contribution in [2.24, 2.45) is 0 Å². The molecule has 0 atom stereocenters. The summed E-state index contributed by atoms with van der Waals surface area (Å²) in [7, 11) is 0. The average molecular weight is 401 g/mol. The molecular weight excluding hydrogens is 382 g/mol. The molecule has 0 radical (unpaired) electrons. The largest absolute Gasteiger partial charge is 0.373 e. The van der Waals surface area contributed by atoms with Crippen molar-refractivity contribution in [3.63, 3.8) is 0 Å². The van der Waals surface area contributed by atoms with E-state index in [4.69, 9.17) is 9.57 Å². The van der Waals surface area contributed by atoms with Crippen molar-refractivity contribution >= 4 is 17.8 Å². The van der Waals surface area contributed by atoms with Crippen molar-refractivity contribution in [3.8, 4) is 0 Å². The van der Waals surface area contributed by atoms with E-state index >= 15 is 0 Å². The van der Waals surface area contributed by atoms with Crippen LogP contribution in [-0.4, -0.2) is 29.5 Å². The van der Waals surface area contributed by atoms with Crippen molar-refractivity contribution in [2.45, 2.75) is 12.5 Å². The van der Waals surface area contributed by atoms with Gasteiger partial charge in [0.2, 0.25) is 5.60 Å². The van der Waals surface area contributed by atoms with Crippen LogP contribution in [0.25, 0.3) is 0 Å². The second-order valence-electron chi connectivity index (χ2n) is 6.68. The summed E-state index contributed by atoms with van der Waals surface area (Å²) in [5.41, 5.74) is -0.208. The molecule has 4 rings (SSSR count). The molecule has 150 valence electrons. The van der Waals surface area contributed by atoms with E-state index in [9.17, 15) is 14.4 Å². The van der Waals surface area contributed by atoms with Gasteiger partial charge in [-0.25, -0.2) is 4.79 Å². The number of fused-ring (bicyclic) bond motifs is 1. The van der Waals surface area contributed by atoms with Gasteiger partial charge in [0.15, 0.2) is 0 Å². The third-order valence-electron chi connectivity index (χ3n) is 4.94. The molecule has 0 bridgehead atoms. The van der Waals surface area contributed by atoms with E-state index in [1.54, 1.807) is 67.6 Å². The lowest BCUT2D eigenvalue weighted by Gasteiger charge is -2.32. The maximum absolute atomic E-state index is 13.6. The van der Waals surface area contributed by atoms with E-state index < -0.39 is 23.4 Å². The van der Waals surface area contributed by atoms with Crippen LogP contribution >= 0.6 is 0 Å². The van der Waals surface area contributed by atoms with Crippen LogP contribution < -0.4 is 0 Å². The van der Waals surface area contributed by atoms with Gasteiger partial charge in [0.05, 0.1) is 11.1 Å². The van der Waals surface area contributed by atoms with Gasteiger partial charge in [-0.15, -0.1) is 0 Å². The van der Waals surface area contributed by atoms with Gasteiger partial charge in [0.25, 0.3) is 11.8 Å². The minimum absolute atomic E-state index is 0.191. The van der Waals surface area contributed by atoms with Gasteiger partial charge in [0.1, 0.15) is 0 Å². The Morgan fingerprint density at radius 1 is 0.767 bits per heavy atom. The van der Waals surface area contributed by atoms with Crippen LogP contribution in [0.2, 0.25) is 0 Å². The van der Waals surface area contributed by atoms with Crippen LogP contribution in [0.5, 0.6) is 0 Å². The highest BCUT2D eigenvalue weighted by molar-refractivity contribution is 6.21. The molecule has 3 aromatic rings. The molecule has 1 heterocycles. The monoisotopic (exact) mass is 401 g/mol. The first kappa shape index (κ1) is 19.5. The number of hydrogen-bond acceptors (Lipinski definition) is 5. The molecule has 6 nitrogen and oxygen atoms in total. The molecule has 30 heavy (non-hydrogen) atoms. The van der Waals surface area contributed by atoms with Gasteiger partial charge in [-0.05, 0) is 30.2 Å². The van der Waals surface area contributed by atoms with Crippen LogP contribution in [0.15, 0.2) is 84.9 Å². The van der Waals surface area contributed by atoms with Crippen molar-refractivity contribution in [2.75, 3.05) is 6.61 Å². The summed E-state index contributed by atoms with van der Waals surface area (Å²) >= 11 is 0. The molecule has 0 saturated carbocycles. The van der Waals surface area contributed by atoms with Gasteiger partial charge in [-0.1, -0.05) is 77.9 Å². The van der Waals surface area contributed by atoms with Crippen molar-refractivity contribution in [3.05, 3.63) is 107 Å². The third-order valence-corrected chi connectivity index (χ3v) is 4.94. The Bertz CT molecular complexity index is 1020. The van der Waals surface area contributed by atoms with Crippen molar-refractivity contribution < 1.29 is 24.0 Å². The maximum atomic E-state index is 13.6. The zero-order valence-electron chi connectivity index (χ0n) is 16.3. The molecule has 0 aromatic heterocycles.